The van der Waals surface area contributed by atoms with Crippen molar-refractivity contribution in [1.29, 1.82) is 0 Å². The van der Waals surface area contributed by atoms with Gasteiger partial charge in [0.25, 0.3) is 0 Å². The van der Waals surface area contributed by atoms with Crippen LogP contribution in [-0.4, -0.2) is 30.2 Å². The monoisotopic (exact) mass is 279 g/mol. The average Bonchev–Trinajstić information content (AvgIpc) is 2.69. The molecule has 0 unspecified atom stereocenters. The van der Waals surface area contributed by atoms with Gasteiger partial charge in [0, 0.05) is 5.41 Å². The molecule has 2 aromatic rings. The van der Waals surface area contributed by atoms with Crippen molar-refractivity contribution >= 4 is 26.6 Å². The minimum absolute atomic E-state index is 0.0487. The maximum atomic E-state index is 13.8. The summed E-state index contributed by atoms with van der Waals surface area (Å²) in [5.41, 5.74) is 0.474. The lowest BCUT2D eigenvalue weighted by atomic mass is 10.2. The molecule has 3 rings (SSSR count). The number of aromatic nitrogens is 2. The van der Waals surface area contributed by atoms with Crippen LogP contribution in [0.1, 0.15) is 0 Å². The van der Waals surface area contributed by atoms with Crippen LogP contribution in [0.2, 0.25) is 0 Å². The number of fused-ring (bicyclic) bond motifs is 1. The largest absolute Gasteiger partial charge is 0.362 e. The second-order valence-corrected chi connectivity index (χ2v) is 6.20. The highest BCUT2D eigenvalue weighted by Gasteiger charge is 2.22. The molecule has 1 aliphatic heterocycles. The van der Waals surface area contributed by atoms with Gasteiger partial charge in [0.15, 0.2) is 9.84 Å². The highest BCUT2D eigenvalue weighted by Crippen LogP contribution is 2.24. The minimum atomic E-state index is -3.16. The lowest BCUT2D eigenvalue weighted by Gasteiger charge is -2.12. The molecule has 7 heteroatoms. The van der Waals surface area contributed by atoms with Crippen molar-refractivity contribution in [3.63, 3.8) is 0 Å². The van der Waals surface area contributed by atoms with Crippen molar-refractivity contribution in [2.45, 2.75) is 6.04 Å². The minimum Gasteiger partial charge on any atom is -0.362 e. The van der Waals surface area contributed by atoms with Crippen molar-refractivity contribution in [2.24, 2.45) is 0 Å². The van der Waals surface area contributed by atoms with E-state index in [0.717, 1.165) is 5.41 Å². The third-order valence-electron chi connectivity index (χ3n) is 2.86. The summed E-state index contributed by atoms with van der Waals surface area (Å²) >= 11 is 0. The zero-order valence-electron chi connectivity index (χ0n) is 9.75. The van der Waals surface area contributed by atoms with E-state index < -0.39 is 21.7 Å². The number of halogens is 1. The van der Waals surface area contributed by atoms with E-state index >= 15 is 0 Å². The number of rotatable bonds is 2. The van der Waals surface area contributed by atoms with Crippen molar-refractivity contribution < 1.29 is 12.8 Å². The third kappa shape index (κ3) is 2.28. The number of nitrogens with zero attached hydrogens (tertiary/aromatic N) is 2. The Balaban J connectivity index is 2.00. The van der Waals surface area contributed by atoms with Crippen molar-refractivity contribution in [2.75, 3.05) is 11.1 Å². The summed E-state index contributed by atoms with van der Waals surface area (Å²) in [6.07, 6.45) is 2.85. The summed E-state index contributed by atoms with van der Waals surface area (Å²) in [5, 5.41) is 4.35. The average molecular weight is 279 g/mol. The fourth-order valence-corrected chi connectivity index (χ4v) is 3.25. The van der Waals surface area contributed by atoms with Gasteiger partial charge in [0.2, 0.25) is 0 Å². The second-order valence-electron chi connectivity index (χ2n) is 4.27. The summed E-state index contributed by atoms with van der Waals surface area (Å²) in [6, 6.07) is 4.15. The lowest BCUT2D eigenvalue weighted by molar-refractivity contribution is 0.605. The molecule has 2 heterocycles. The van der Waals surface area contributed by atoms with Crippen LogP contribution in [0.15, 0.2) is 36.0 Å². The summed E-state index contributed by atoms with van der Waals surface area (Å²) in [7, 11) is -3.16. The Morgan fingerprint density at radius 3 is 2.89 bits per heavy atom. The zero-order chi connectivity index (χ0) is 13.5. The van der Waals surface area contributed by atoms with Gasteiger partial charge in [-0.3, -0.25) is 0 Å². The maximum Gasteiger partial charge on any atom is 0.173 e. The Kier molecular flexibility index (Phi) is 2.70. The Morgan fingerprint density at radius 1 is 1.32 bits per heavy atom. The first-order valence-corrected chi connectivity index (χ1v) is 7.33. The highest BCUT2D eigenvalue weighted by molar-refractivity contribution is 7.94. The van der Waals surface area contributed by atoms with E-state index in [0.29, 0.717) is 11.3 Å². The lowest BCUT2D eigenvalue weighted by Crippen LogP contribution is -2.21. The molecule has 1 aliphatic rings. The Morgan fingerprint density at radius 2 is 2.16 bits per heavy atom. The molecule has 5 nitrogen and oxygen atoms in total. The van der Waals surface area contributed by atoms with E-state index in [2.05, 4.69) is 15.3 Å². The molecule has 1 aromatic carbocycles. The molecule has 0 spiro atoms. The number of sulfone groups is 1. The molecule has 0 fully saturated rings. The van der Waals surface area contributed by atoms with Crippen LogP contribution in [-0.2, 0) is 9.84 Å². The van der Waals surface area contributed by atoms with Gasteiger partial charge in [-0.15, -0.1) is 0 Å². The number of nitrogens with one attached hydrogen (secondary N) is 1. The van der Waals surface area contributed by atoms with Gasteiger partial charge < -0.3 is 5.32 Å². The van der Waals surface area contributed by atoms with Crippen molar-refractivity contribution in [3.8, 4) is 0 Å². The van der Waals surface area contributed by atoms with Gasteiger partial charge in [-0.1, -0.05) is 6.07 Å². The fraction of sp³-hybridized carbons (Fsp3) is 0.167. The van der Waals surface area contributed by atoms with Gasteiger partial charge in [-0.2, -0.15) is 0 Å². The van der Waals surface area contributed by atoms with Crippen molar-refractivity contribution in [1.82, 2.24) is 9.97 Å². The molecule has 0 saturated heterocycles. The zero-order valence-corrected chi connectivity index (χ0v) is 10.6. The molecule has 0 radical (unpaired) electrons. The molecule has 19 heavy (non-hydrogen) atoms. The van der Waals surface area contributed by atoms with Gasteiger partial charge >= 0.3 is 0 Å². The normalized spacial score (nSPS) is 20.8. The van der Waals surface area contributed by atoms with Gasteiger partial charge in [0.05, 0.1) is 22.7 Å². The molecule has 1 atom stereocenters. The quantitative estimate of drug-likeness (QED) is 0.901. The Hall–Kier alpha value is -2.02. The van der Waals surface area contributed by atoms with Crippen LogP contribution in [0.4, 0.5) is 10.2 Å². The molecule has 0 bridgehead atoms. The molecule has 98 valence electrons. The number of hydrogen-bond donors (Lipinski definition) is 1. The van der Waals surface area contributed by atoms with E-state index in [1.54, 1.807) is 12.1 Å². The van der Waals surface area contributed by atoms with E-state index in [4.69, 9.17) is 0 Å². The second kappa shape index (κ2) is 4.27. The van der Waals surface area contributed by atoms with E-state index in [9.17, 15) is 12.8 Å². The van der Waals surface area contributed by atoms with Crippen LogP contribution in [0.25, 0.3) is 10.9 Å². The van der Waals surface area contributed by atoms with E-state index in [1.165, 1.54) is 18.5 Å². The van der Waals surface area contributed by atoms with Crippen LogP contribution in [0, 0.1) is 5.82 Å². The Labute approximate surface area is 109 Å². The van der Waals surface area contributed by atoms with Crippen LogP contribution in [0.3, 0.4) is 0 Å². The maximum absolute atomic E-state index is 13.8. The molecule has 0 amide bonds. The number of hydrogen-bond acceptors (Lipinski definition) is 5. The summed E-state index contributed by atoms with van der Waals surface area (Å²) in [5.74, 6) is -0.187. The first-order chi connectivity index (χ1) is 9.05. The van der Waals surface area contributed by atoms with Gasteiger partial charge in [-0.25, -0.2) is 22.8 Å². The summed E-state index contributed by atoms with van der Waals surface area (Å²) in [6.45, 7) is 0. The van der Waals surface area contributed by atoms with Gasteiger partial charge in [-0.05, 0) is 18.2 Å². The molecule has 0 aliphatic carbocycles. The van der Waals surface area contributed by atoms with Crippen molar-refractivity contribution in [3.05, 3.63) is 41.8 Å². The van der Waals surface area contributed by atoms with Crippen LogP contribution in [0.5, 0.6) is 0 Å². The predicted octanol–water partition coefficient (Wildman–Crippen LogP) is 1.49. The first-order valence-electron chi connectivity index (χ1n) is 5.62. The molecular weight excluding hydrogens is 269 g/mol. The Bertz CT molecular complexity index is 768. The number of benzene rings is 1. The predicted molar refractivity (Wildman–Crippen MR) is 69.8 cm³/mol. The fourth-order valence-electron chi connectivity index (χ4n) is 2.02. The van der Waals surface area contributed by atoms with Crippen LogP contribution < -0.4 is 5.32 Å². The SMILES string of the molecule is O=S1(=O)C=C[C@@H](Nc2ncnc3cccc(F)c23)C1. The number of anilines is 1. The van der Waals surface area contributed by atoms with Gasteiger partial charge in [0.1, 0.15) is 18.0 Å². The first kappa shape index (κ1) is 12.0. The molecular formula is C12H10FN3O2S. The summed E-state index contributed by atoms with van der Waals surface area (Å²) in [4.78, 5) is 7.97. The third-order valence-corrected chi connectivity index (χ3v) is 4.26. The smallest absolute Gasteiger partial charge is 0.173 e. The standard InChI is InChI=1S/C12H10FN3O2S/c13-9-2-1-3-10-11(9)12(15-7-14-10)16-8-4-5-19(17,18)6-8/h1-5,7-8H,6H2,(H,14,15,16)/t8-/m1/s1. The van der Waals surface area contributed by atoms with E-state index in [-0.39, 0.29) is 11.1 Å². The molecule has 1 aromatic heterocycles. The van der Waals surface area contributed by atoms with Crippen LogP contribution >= 0.6 is 0 Å². The molecule has 1 N–H and O–H groups in total. The summed E-state index contributed by atoms with van der Waals surface area (Å²) < 4.78 is 36.5. The van der Waals surface area contributed by atoms with E-state index in [1.807, 2.05) is 0 Å². The topological polar surface area (TPSA) is 72.0 Å². The highest BCUT2D eigenvalue weighted by atomic mass is 32.2. The molecule has 0 saturated carbocycles.